The number of aromatic nitrogens is 1. The van der Waals surface area contributed by atoms with Gasteiger partial charge in [0.05, 0.1) is 12.0 Å². The zero-order valence-corrected chi connectivity index (χ0v) is 14.6. The molecule has 1 aliphatic rings. The summed E-state index contributed by atoms with van der Waals surface area (Å²) < 4.78 is 5.27. The SMILES string of the molecule is COc1cccc(CC2CCN(c3nccc(C#N)c3[N+](=O)[O-])CC2)c1. The molecule has 26 heavy (non-hydrogen) atoms. The number of ether oxygens (including phenoxy) is 1. The highest BCUT2D eigenvalue weighted by Crippen LogP contribution is 2.32. The third kappa shape index (κ3) is 3.75. The Morgan fingerprint density at radius 1 is 1.38 bits per heavy atom. The average Bonchev–Trinajstić information content (AvgIpc) is 2.68. The van der Waals surface area contributed by atoms with E-state index in [-0.39, 0.29) is 11.3 Å². The van der Waals surface area contributed by atoms with Crippen molar-refractivity contribution < 1.29 is 9.66 Å². The highest BCUT2D eigenvalue weighted by atomic mass is 16.6. The molecule has 0 radical (unpaired) electrons. The van der Waals surface area contributed by atoms with Crippen LogP contribution >= 0.6 is 0 Å². The van der Waals surface area contributed by atoms with Crippen molar-refractivity contribution in [1.29, 1.82) is 5.26 Å². The van der Waals surface area contributed by atoms with Gasteiger partial charge >= 0.3 is 5.69 Å². The lowest BCUT2D eigenvalue weighted by Crippen LogP contribution is -2.35. The van der Waals surface area contributed by atoms with Gasteiger partial charge in [0.15, 0.2) is 0 Å². The molecule has 1 aromatic heterocycles. The van der Waals surface area contributed by atoms with E-state index in [2.05, 4.69) is 17.1 Å². The molecule has 1 saturated heterocycles. The van der Waals surface area contributed by atoms with Crippen molar-refractivity contribution in [2.24, 2.45) is 5.92 Å². The number of nitro groups is 1. The first-order valence-electron chi connectivity index (χ1n) is 8.53. The molecule has 0 unspecified atom stereocenters. The summed E-state index contributed by atoms with van der Waals surface area (Å²) in [4.78, 5) is 17.0. The van der Waals surface area contributed by atoms with Crippen molar-refractivity contribution in [3.05, 3.63) is 57.8 Å². The number of anilines is 1. The second kappa shape index (κ2) is 7.83. The van der Waals surface area contributed by atoms with Crippen LogP contribution in [-0.4, -0.2) is 30.1 Å². The van der Waals surface area contributed by atoms with Crippen molar-refractivity contribution in [1.82, 2.24) is 4.98 Å². The van der Waals surface area contributed by atoms with E-state index in [1.807, 2.05) is 23.1 Å². The lowest BCUT2D eigenvalue weighted by atomic mass is 9.90. The third-order valence-corrected chi connectivity index (χ3v) is 4.78. The van der Waals surface area contributed by atoms with Gasteiger partial charge in [0.1, 0.15) is 17.4 Å². The number of benzene rings is 1. The largest absolute Gasteiger partial charge is 0.497 e. The lowest BCUT2D eigenvalue weighted by molar-refractivity contribution is -0.384. The third-order valence-electron chi connectivity index (χ3n) is 4.78. The number of hydrogen-bond donors (Lipinski definition) is 0. The predicted molar refractivity (Wildman–Crippen MR) is 97.2 cm³/mol. The summed E-state index contributed by atoms with van der Waals surface area (Å²) >= 11 is 0. The van der Waals surface area contributed by atoms with Gasteiger partial charge in [0.25, 0.3) is 0 Å². The molecule has 7 heteroatoms. The second-order valence-corrected chi connectivity index (χ2v) is 6.39. The molecule has 0 bridgehead atoms. The molecule has 1 aliphatic heterocycles. The van der Waals surface area contributed by atoms with E-state index in [0.29, 0.717) is 24.8 Å². The first-order valence-corrected chi connectivity index (χ1v) is 8.53. The lowest BCUT2D eigenvalue weighted by Gasteiger charge is -2.32. The molecular formula is C19H20N4O3. The minimum atomic E-state index is -0.511. The highest BCUT2D eigenvalue weighted by molar-refractivity contribution is 5.65. The summed E-state index contributed by atoms with van der Waals surface area (Å²) in [6, 6.07) is 11.3. The van der Waals surface area contributed by atoms with Gasteiger partial charge in [0.2, 0.25) is 5.82 Å². The quantitative estimate of drug-likeness (QED) is 0.605. The second-order valence-electron chi connectivity index (χ2n) is 6.39. The zero-order chi connectivity index (χ0) is 18.5. The molecule has 0 amide bonds. The Labute approximate surface area is 152 Å². The molecule has 3 rings (SSSR count). The van der Waals surface area contributed by atoms with E-state index in [4.69, 9.17) is 10.00 Å². The smallest absolute Gasteiger partial charge is 0.329 e. The van der Waals surface area contributed by atoms with E-state index in [1.165, 1.54) is 17.8 Å². The van der Waals surface area contributed by atoms with Gasteiger partial charge in [-0.2, -0.15) is 5.26 Å². The number of nitriles is 1. The Balaban J connectivity index is 1.69. The predicted octanol–water partition coefficient (Wildman–Crippen LogP) is 3.33. The monoisotopic (exact) mass is 352 g/mol. The summed E-state index contributed by atoms with van der Waals surface area (Å²) in [7, 11) is 1.66. The fraction of sp³-hybridized carbons (Fsp3) is 0.368. The summed E-state index contributed by atoms with van der Waals surface area (Å²) in [5.41, 5.74) is 1.10. The van der Waals surface area contributed by atoms with E-state index >= 15 is 0 Å². The van der Waals surface area contributed by atoms with E-state index in [1.54, 1.807) is 7.11 Å². The summed E-state index contributed by atoms with van der Waals surface area (Å²) in [5, 5.41) is 20.5. The zero-order valence-electron chi connectivity index (χ0n) is 14.6. The molecule has 1 aromatic carbocycles. The Bertz CT molecular complexity index is 839. The number of pyridine rings is 1. The number of nitrogens with zero attached hydrogens (tertiary/aromatic N) is 4. The minimum absolute atomic E-state index is 0.0542. The Hall–Kier alpha value is -3.14. The van der Waals surface area contributed by atoms with Crippen LogP contribution in [0.2, 0.25) is 0 Å². The van der Waals surface area contributed by atoms with Crippen molar-refractivity contribution in [3.63, 3.8) is 0 Å². The van der Waals surface area contributed by atoms with Gasteiger partial charge in [-0.25, -0.2) is 4.98 Å². The van der Waals surface area contributed by atoms with E-state index < -0.39 is 4.92 Å². The first kappa shape index (κ1) is 17.7. The van der Waals surface area contributed by atoms with E-state index in [0.717, 1.165) is 25.0 Å². The first-order chi connectivity index (χ1) is 12.6. The standard InChI is InChI=1S/C19H20N4O3/c1-26-17-4-2-3-15(12-17)11-14-6-9-22(10-7-14)19-18(23(24)25)16(13-20)5-8-21-19/h2-5,8,12,14H,6-7,9-11H2,1H3. The Morgan fingerprint density at radius 2 is 2.15 bits per heavy atom. The van der Waals surface area contributed by atoms with Crippen LogP contribution < -0.4 is 9.64 Å². The topological polar surface area (TPSA) is 92.3 Å². The van der Waals surface area contributed by atoms with Crippen molar-refractivity contribution >= 4 is 11.5 Å². The molecule has 1 fully saturated rings. The maximum Gasteiger partial charge on any atom is 0.329 e. The van der Waals surface area contributed by atoms with Crippen LogP contribution in [0.1, 0.15) is 24.0 Å². The van der Waals surface area contributed by atoms with Gasteiger partial charge in [0, 0.05) is 19.3 Å². The van der Waals surface area contributed by atoms with Crippen LogP contribution in [0, 0.1) is 27.4 Å². The van der Waals surface area contributed by atoms with Gasteiger partial charge < -0.3 is 9.64 Å². The summed E-state index contributed by atoms with van der Waals surface area (Å²) in [6.45, 7) is 1.38. The molecule has 0 aliphatic carbocycles. The van der Waals surface area contributed by atoms with Crippen LogP contribution in [0.3, 0.4) is 0 Å². The van der Waals surface area contributed by atoms with Crippen molar-refractivity contribution in [2.45, 2.75) is 19.3 Å². The normalized spacial score (nSPS) is 14.7. The average molecular weight is 352 g/mol. The van der Waals surface area contributed by atoms with Gasteiger partial charge in [-0.15, -0.1) is 0 Å². The number of methoxy groups -OCH3 is 1. The highest BCUT2D eigenvalue weighted by Gasteiger charge is 2.28. The fourth-order valence-corrected chi connectivity index (χ4v) is 3.43. The maximum absolute atomic E-state index is 11.4. The van der Waals surface area contributed by atoms with Crippen LogP contribution in [0.15, 0.2) is 36.5 Å². The fourth-order valence-electron chi connectivity index (χ4n) is 3.43. The van der Waals surface area contributed by atoms with E-state index in [9.17, 15) is 10.1 Å². The Kier molecular flexibility index (Phi) is 5.32. The number of piperidine rings is 1. The number of rotatable bonds is 5. The van der Waals surface area contributed by atoms with Crippen molar-refractivity contribution in [2.75, 3.05) is 25.1 Å². The maximum atomic E-state index is 11.4. The molecule has 0 saturated carbocycles. The van der Waals surface area contributed by atoms with Gasteiger partial charge in [-0.3, -0.25) is 10.1 Å². The minimum Gasteiger partial charge on any atom is -0.497 e. The van der Waals surface area contributed by atoms with Crippen LogP contribution in [0.25, 0.3) is 0 Å². The molecule has 134 valence electrons. The van der Waals surface area contributed by atoms with Crippen LogP contribution in [0.5, 0.6) is 5.75 Å². The molecular weight excluding hydrogens is 332 g/mol. The molecule has 0 atom stereocenters. The summed E-state index contributed by atoms with van der Waals surface area (Å²) in [5.74, 6) is 1.67. The molecule has 0 N–H and O–H groups in total. The molecule has 0 spiro atoms. The molecule has 2 aromatic rings. The van der Waals surface area contributed by atoms with Crippen molar-refractivity contribution in [3.8, 4) is 11.8 Å². The van der Waals surface area contributed by atoms with Crippen LogP contribution in [0.4, 0.5) is 11.5 Å². The van der Waals surface area contributed by atoms with Gasteiger partial charge in [-0.05, 0) is 48.9 Å². The Morgan fingerprint density at radius 3 is 2.81 bits per heavy atom. The number of hydrogen-bond acceptors (Lipinski definition) is 6. The molecule has 2 heterocycles. The van der Waals surface area contributed by atoms with Crippen LogP contribution in [-0.2, 0) is 6.42 Å². The molecule has 7 nitrogen and oxygen atoms in total. The summed E-state index contributed by atoms with van der Waals surface area (Å²) in [6.07, 6.45) is 4.27. The van der Waals surface area contributed by atoms with Gasteiger partial charge in [-0.1, -0.05) is 12.1 Å².